The molecule has 38 heavy (non-hydrogen) atoms. The lowest BCUT2D eigenvalue weighted by Gasteiger charge is -2.13. The number of ether oxygens (including phenoxy) is 4. The highest BCUT2D eigenvalue weighted by Gasteiger charge is 2.16. The van der Waals surface area contributed by atoms with E-state index in [1.807, 2.05) is 6.92 Å². The van der Waals surface area contributed by atoms with Crippen LogP contribution in [0.2, 0.25) is 0 Å². The summed E-state index contributed by atoms with van der Waals surface area (Å²) in [4.78, 5) is 36.9. The number of anilines is 2. The Morgan fingerprint density at radius 3 is 2.26 bits per heavy atom. The van der Waals surface area contributed by atoms with Crippen molar-refractivity contribution in [2.45, 2.75) is 6.92 Å². The summed E-state index contributed by atoms with van der Waals surface area (Å²) in [5.41, 5.74) is 3.50. The SMILES string of the molecule is CCOc1ccccc1NC(=O)C(=O)N/N=C\c1cccc(OC)c1OCC(=O)Nc1ccc(OC)cc1. The largest absolute Gasteiger partial charge is 0.497 e. The van der Waals surface area contributed by atoms with Gasteiger partial charge in [-0.1, -0.05) is 18.2 Å². The Morgan fingerprint density at radius 2 is 1.55 bits per heavy atom. The Hall–Kier alpha value is -5.06. The summed E-state index contributed by atoms with van der Waals surface area (Å²) in [6.07, 6.45) is 1.28. The van der Waals surface area contributed by atoms with Crippen LogP contribution in [0.15, 0.2) is 71.8 Å². The monoisotopic (exact) mass is 520 g/mol. The smallest absolute Gasteiger partial charge is 0.329 e. The Morgan fingerprint density at radius 1 is 0.816 bits per heavy atom. The maximum atomic E-state index is 12.4. The van der Waals surface area contributed by atoms with Crippen LogP contribution in [-0.4, -0.2) is 51.4 Å². The Kier molecular flexibility index (Phi) is 10.1. The Labute approximate surface area is 219 Å². The fourth-order valence-corrected chi connectivity index (χ4v) is 3.20. The molecule has 0 heterocycles. The summed E-state index contributed by atoms with van der Waals surface area (Å²) in [5, 5.41) is 9.05. The highest BCUT2D eigenvalue weighted by atomic mass is 16.5. The highest BCUT2D eigenvalue weighted by molar-refractivity contribution is 6.39. The summed E-state index contributed by atoms with van der Waals surface area (Å²) in [7, 11) is 3.01. The second-order valence-electron chi connectivity index (χ2n) is 7.53. The number of methoxy groups -OCH3 is 2. The first-order valence-electron chi connectivity index (χ1n) is 11.5. The number of hydrazone groups is 1. The molecule has 11 nitrogen and oxygen atoms in total. The molecule has 3 rings (SSSR count). The van der Waals surface area contributed by atoms with E-state index in [4.69, 9.17) is 18.9 Å². The summed E-state index contributed by atoms with van der Waals surface area (Å²) in [6, 6.07) is 18.6. The normalized spacial score (nSPS) is 10.4. The number of nitrogens with zero attached hydrogens (tertiary/aromatic N) is 1. The van der Waals surface area contributed by atoms with Gasteiger partial charge in [0.2, 0.25) is 0 Å². The zero-order valence-electron chi connectivity index (χ0n) is 21.1. The molecular formula is C27H28N4O7. The third kappa shape index (κ3) is 7.72. The van der Waals surface area contributed by atoms with Gasteiger partial charge in [0, 0.05) is 11.3 Å². The molecule has 3 N–H and O–H groups in total. The first-order valence-corrected chi connectivity index (χ1v) is 11.5. The lowest BCUT2D eigenvalue weighted by atomic mass is 10.2. The molecule has 0 aromatic heterocycles. The number of benzene rings is 3. The van der Waals surface area contributed by atoms with Gasteiger partial charge < -0.3 is 29.6 Å². The molecule has 3 aromatic carbocycles. The van der Waals surface area contributed by atoms with Crippen LogP contribution < -0.4 is 35.0 Å². The van der Waals surface area contributed by atoms with E-state index >= 15 is 0 Å². The van der Waals surface area contributed by atoms with Gasteiger partial charge in [0.25, 0.3) is 5.91 Å². The lowest BCUT2D eigenvalue weighted by Crippen LogP contribution is -2.32. The number of amides is 3. The molecule has 0 unspecified atom stereocenters. The van der Waals surface area contributed by atoms with Gasteiger partial charge in [-0.05, 0) is 55.5 Å². The molecule has 0 aliphatic carbocycles. The number of rotatable bonds is 11. The fourth-order valence-electron chi connectivity index (χ4n) is 3.20. The van der Waals surface area contributed by atoms with E-state index in [1.54, 1.807) is 73.8 Å². The molecule has 198 valence electrons. The number of nitrogens with one attached hydrogen (secondary N) is 3. The summed E-state index contributed by atoms with van der Waals surface area (Å²) < 4.78 is 21.6. The molecule has 0 atom stereocenters. The van der Waals surface area contributed by atoms with Gasteiger partial charge in [-0.2, -0.15) is 5.10 Å². The van der Waals surface area contributed by atoms with Gasteiger partial charge in [-0.3, -0.25) is 14.4 Å². The van der Waals surface area contributed by atoms with E-state index in [9.17, 15) is 14.4 Å². The highest BCUT2D eigenvalue weighted by Crippen LogP contribution is 2.30. The van der Waals surface area contributed by atoms with Crippen molar-refractivity contribution in [3.05, 3.63) is 72.3 Å². The lowest BCUT2D eigenvalue weighted by molar-refractivity contribution is -0.136. The molecular weight excluding hydrogens is 492 g/mol. The number of carbonyl (C=O) groups is 3. The fraction of sp³-hybridized carbons (Fsp3) is 0.185. The molecule has 0 saturated heterocycles. The summed E-state index contributed by atoms with van der Waals surface area (Å²) >= 11 is 0. The van der Waals surface area contributed by atoms with Gasteiger partial charge in [-0.15, -0.1) is 0 Å². The second kappa shape index (κ2) is 13.9. The molecule has 0 bridgehead atoms. The molecule has 0 radical (unpaired) electrons. The van der Waals surface area contributed by atoms with E-state index in [1.165, 1.54) is 13.3 Å². The van der Waals surface area contributed by atoms with E-state index in [0.717, 1.165) is 0 Å². The van der Waals surface area contributed by atoms with Crippen LogP contribution >= 0.6 is 0 Å². The molecule has 0 fully saturated rings. The maximum absolute atomic E-state index is 12.4. The molecule has 3 aromatic rings. The minimum atomic E-state index is -0.989. The molecule has 0 aliphatic heterocycles. The predicted octanol–water partition coefficient (Wildman–Crippen LogP) is 3.21. The van der Waals surface area contributed by atoms with Crippen LogP contribution in [0, 0.1) is 0 Å². The van der Waals surface area contributed by atoms with Gasteiger partial charge in [0.1, 0.15) is 11.5 Å². The molecule has 0 aliphatic rings. The Bertz CT molecular complexity index is 1290. The van der Waals surface area contributed by atoms with Crippen LogP contribution in [-0.2, 0) is 14.4 Å². The van der Waals surface area contributed by atoms with Crippen LogP contribution in [0.1, 0.15) is 12.5 Å². The van der Waals surface area contributed by atoms with Crippen molar-refractivity contribution in [2.75, 3.05) is 38.1 Å². The molecule has 3 amide bonds. The summed E-state index contributed by atoms with van der Waals surface area (Å²) in [5.74, 6) is -0.633. The molecule has 0 saturated carbocycles. The van der Waals surface area contributed by atoms with Crippen molar-refractivity contribution >= 4 is 35.3 Å². The number of para-hydroxylation sites is 3. The topological polar surface area (TPSA) is 137 Å². The van der Waals surface area contributed by atoms with Crippen LogP contribution in [0.4, 0.5) is 11.4 Å². The minimum absolute atomic E-state index is 0.230. The van der Waals surface area contributed by atoms with E-state index in [-0.39, 0.29) is 12.4 Å². The molecule has 11 heteroatoms. The van der Waals surface area contributed by atoms with Crippen molar-refractivity contribution in [1.82, 2.24) is 5.43 Å². The minimum Gasteiger partial charge on any atom is -0.497 e. The number of carbonyl (C=O) groups excluding carboxylic acids is 3. The first kappa shape index (κ1) is 27.5. The van der Waals surface area contributed by atoms with Gasteiger partial charge in [-0.25, -0.2) is 5.43 Å². The van der Waals surface area contributed by atoms with Gasteiger partial charge in [0.15, 0.2) is 18.1 Å². The third-order valence-electron chi connectivity index (χ3n) is 4.96. The zero-order valence-corrected chi connectivity index (χ0v) is 21.1. The average Bonchev–Trinajstić information content (AvgIpc) is 2.93. The molecule has 0 spiro atoms. The maximum Gasteiger partial charge on any atom is 0.329 e. The van der Waals surface area contributed by atoms with Crippen molar-refractivity contribution in [3.63, 3.8) is 0 Å². The van der Waals surface area contributed by atoms with Crippen molar-refractivity contribution < 1.29 is 33.3 Å². The number of hydrogen-bond acceptors (Lipinski definition) is 8. The zero-order chi connectivity index (χ0) is 27.3. The second-order valence-corrected chi connectivity index (χ2v) is 7.53. The van der Waals surface area contributed by atoms with E-state index in [0.29, 0.717) is 40.8 Å². The van der Waals surface area contributed by atoms with Crippen LogP contribution in [0.3, 0.4) is 0 Å². The Balaban J connectivity index is 1.61. The van der Waals surface area contributed by atoms with Crippen molar-refractivity contribution in [2.24, 2.45) is 5.10 Å². The predicted molar refractivity (Wildman–Crippen MR) is 142 cm³/mol. The van der Waals surface area contributed by atoms with E-state index < -0.39 is 17.7 Å². The summed E-state index contributed by atoms with van der Waals surface area (Å²) in [6.45, 7) is 1.89. The van der Waals surface area contributed by atoms with Crippen molar-refractivity contribution in [1.29, 1.82) is 0 Å². The standard InChI is InChI=1S/C27H28N4O7/c1-4-37-22-10-6-5-9-21(22)30-26(33)27(34)31-28-16-18-8-7-11-23(36-3)25(18)38-17-24(32)29-19-12-14-20(35-2)15-13-19/h5-16H,4,17H2,1-3H3,(H,29,32)(H,30,33)(H,31,34)/b28-16-. The van der Waals surface area contributed by atoms with Crippen LogP contribution in [0.25, 0.3) is 0 Å². The average molecular weight is 521 g/mol. The third-order valence-corrected chi connectivity index (χ3v) is 4.96. The quantitative estimate of drug-likeness (QED) is 0.201. The first-order chi connectivity index (χ1) is 18.4. The van der Waals surface area contributed by atoms with Gasteiger partial charge >= 0.3 is 11.8 Å². The van der Waals surface area contributed by atoms with Crippen LogP contribution in [0.5, 0.6) is 23.0 Å². The number of hydrogen-bond donors (Lipinski definition) is 3. The van der Waals surface area contributed by atoms with Gasteiger partial charge in [0.05, 0.1) is 32.7 Å². The van der Waals surface area contributed by atoms with Crippen molar-refractivity contribution in [3.8, 4) is 23.0 Å². The van der Waals surface area contributed by atoms with E-state index in [2.05, 4.69) is 21.2 Å².